The van der Waals surface area contributed by atoms with Crippen molar-refractivity contribution in [2.24, 2.45) is 0 Å². The van der Waals surface area contributed by atoms with E-state index in [0.717, 1.165) is 0 Å². The van der Waals surface area contributed by atoms with Gasteiger partial charge in [-0.25, -0.2) is 9.18 Å². The normalized spacial score (nSPS) is 23.1. The monoisotopic (exact) mass is 233 g/mol. The van der Waals surface area contributed by atoms with Gasteiger partial charge in [0.15, 0.2) is 0 Å². The molecule has 0 amide bonds. The van der Waals surface area contributed by atoms with Gasteiger partial charge in [-0.15, -0.1) is 0 Å². The number of nitrogens with zero attached hydrogens (tertiary/aromatic N) is 1. The van der Waals surface area contributed by atoms with Gasteiger partial charge >= 0.3 is 5.97 Å². The average molecular weight is 233 g/mol. The van der Waals surface area contributed by atoms with Crippen molar-refractivity contribution in [3.63, 3.8) is 0 Å². The number of esters is 1. The first-order valence-corrected chi connectivity index (χ1v) is 5.54. The number of benzene rings is 1. The summed E-state index contributed by atoms with van der Waals surface area (Å²) in [7, 11) is 0. The molecule has 0 N–H and O–H groups in total. The van der Waals surface area contributed by atoms with Crippen molar-refractivity contribution < 1.29 is 13.9 Å². The van der Waals surface area contributed by atoms with Crippen molar-refractivity contribution in [2.45, 2.75) is 31.5 Å². The fraction of sp³-hybridized carbons (Fsp3) is 0.385. The molecule has 17 heavy (non-hydrogen) atoms. The third kappa shape index (κ3) is 2.82. The lowest BCUT2D eigenvalue weighted by atomic mass is 10.1. The van der Waals surface area contributed by atoms with Crippen LogP contribution in [-0.2, 0) is 4.74 Å². The SMILES string of the molecule is N#Cc1cccc(C(=O)OC2CCC(F)C2)c1. The Morgan fingerprint density at radius 2 is 2.29 bits per heavy atom. The second-order valence-electron chi connectivity index (χ2n) is 4.13. The van der Waals surface area contributed by atoms with Gasteiger partial charge < -0.3 is 4.74 Å². The Morgan fingerprint density at radius 3 is 2.94 bits per heavy atom. The Balaban J connectivity index is 2.02. The summed E-state index contributed by atoms with van der Waals surface area (Å²) in [4.78, 5) is 11.7. The van der Waals surface area contributed by atoms with E-state index in [-0.39, 0.29) is 12.5 Å². The van der Waals surface area contributed by atoms with Crippen LogP contribution in [0.15, 0.2) is 24.3 Å². The zero-order valence-electron chi connectivity index (χ0n) is 9.23. The molecule has 0 aliphatic heterocycles. The minimum Gasteiger partial charge on any atom is -0.459 e. The summed E-state index contributed by atoms with van der Waals surface area (Å²) in [6.07, 6.45) is 0.117. The lowest BCUT2D eigenvalue weighted by Gasteiger charge is -2.11. The smallest absolute Gasteiger partial charge is 0.338 e. The number of alkyl halides is 1. The zero-order chi connectivity index (χ0) is 12.3. The quantitative estimate of drug-likeness (QED) is 0.738. The van der Waals surface area contributed by atoms with Gasteiger partial charge in [-0.1, -0.05) is 6.07 Å². The van der Waals surface area contributed by atoms with Crippen molar-refractivity contribution in [1.82, 2.24) is 0 Å². The highest BCUT2D eigenvalue weighted by molar-refractivity contribution is 5.89. The maximum atomic E-state index is 12.9. The molecule has 1 aromatic carbocycles. The van der Waals surface area contributed by atoms with Crippen LogP contribution in [0.1, 0.15) is 35.2 Å². The van der Waals surface area contributed by atoms with Crippen LogP contribution in [0.2, 0.25) is 0 Å². The van der Waals surface area contributed by atoms with Crippen LogP contribution in [0.5, 0.6) is 0 Å². The van der Waals surface area contributed by atoms with Crippen LogP contribution >= 0.6 is 0 Å². The van der Waals surface area contributed by atoms with E-state index in [9.17, 15) is 9.18 Å². The van der Waals surface area contributed by atoms with E-state index in [1.165, 1.54) is 6.07 Å². The van der Waals surface area contributed by atoms with Crippen LogP contribution < -0.4 is 0 Å². The Morgan fingerprint density at radius 1 is 1.47 bits per heavy atom. The van der Waals surface area contributed by atoms with Crippen LogP contribution in [0.4, 0.5) is 4.39 Å². The second-order valence-corrected chi connectivity index (χ2v) is 4.13. The summed E-state index contributed by atoms with van der Waals surface area (Å²) >= 11 is 0. The largest absolute Gasteiger partial charge is 0.459 e. The van der Waals surface area contributed by atoms with E-state index in [1.807, 2.05) is 6.07 Å². The van der Waals surface area contributed by atoms with Gasteiger partial charge in [-0.2, -0.15) is 5.26 Å². The molecular weight excluding hydrogens is 221 g/mol. The maximum Gasteiger partial charge on any atom is 0.338 e. The first kappa shape index (κ1) is 11.6. The van der Waals surface area contributed by atoms with Gasteiger partial charge in [0.05, 0.1) is 17.2 Å². The number of rotatable bonds is 2. The molecule has 0 radical (unpaired) electrons. The van der Waals surface area contributed by atoms with E-state index in [0.29, 0.717) is 24.0 Å². The molecule has 0 bridgehead atoms. The fourth-order valence-corrected chi connectivity index (χ4v) is 1.93. The van der Waals surface area contributed by atoms with E-state index >= 15 is 0 Å². The van der Waals surface area contributed by atoms with Gasteiger partial charge in [0.25, 0.3) is 0 Å². The molecule has 0 saturated heterocycles. The first-order valence-electron chi connectivity index (χ1n) is 5.54. The Hall–Kier alpha value is -1.89. The molecule has 1 saturated carbocycles. The van der Waals surface area contributed by atoms with Crippen molar-refractivity contribution in [1.29, 1.82) is 5.26 Å². The topological polar surface area (TPSA) is 50.1 Å². The number of halogens is 1. The summed E-state index contributed by atoms with van der Waals surface area (Å²) in [6, 6.07) is 8.26. The van der Waals surface area contributed by atoms with Gasteiger partial charge in [0, 0.05) is 6.42 Å². The number of carbonyl (C=O) groups is 1. The molecule has 1 aromatic rings. The minimum atomic E-state index is -0.863. The van der Waals surface area contributed by atoms with E-state index in [4.69, 9.17) is 10.00 Å². The highest BCUT2D eigenvalue weighted by Crippen LogP contribution is 2.25. The molecule has 2 unspecified atom stereocenters. The van der Waals surface area contributed by atoms with E-state index < -0.39 is 12.1 Å². The van der Waals surface area contributed by atoms with Gasteiger partial charge in [0.1, 0.15) is 12.3 Å². The van der Waals surface area contributed by atoms with E-state index in [1.54, 1.807) is 18.2 Å². The van der Waals surface area contributed by atoms with Crippen LogP contribution in [-0.4, -0.2) is 18.2 Å². The second kappa shape index (κ2) is 4.96. The summed E-state index contributed by atoms with van der Waals surface area (Å²) in [5, 5.41) is 8.71. The molecule has 2 rings (SSSR count). The van der Waals surface area contributed by atoms with Crippen molar-refractivity contribution in [3.8, 4) is 6.07 Å². The predicted octanol–water partition coefficient (Wildman–Crippen LogP) is 2.61. The lowest BCUT2D eigenvalue weighted by Crippen LogP contribution is -2.15. The summed E-state index contributed by atoms with van der Waals surface area (Å²) in [5.74, 6) is -0.485. The number of carbonyl (C=O) groups excluding carboxylic acids is 1. The zero-order valence-corrected chi connectivity index (χ0v) is 9.23. The van der Waals surface area contributed by atoms with Gasteiger partial charge in [-0.05, 0) is 31.0 Å². The molecule has 4 heteroatoms. The molecule has 0 heterocycles. The highest BCUT2D eigenvalue weighted by Gasteiger charge is 2.27. The third-order valence-electron chi connectivity index (χ3n) is 2.82. The number of nitriles is 1. The predicted molar refractivity (Wildman–Crippen MR) is 59.1 cm³/mol. The van der Waals surface area contributed by atoms with Gasteiger partial charge in [0.2, 0.25) is 0 Å². The highest BCUT2D eigenvalue weighted by atomic mass is 19.1. The summed E-state index contributed by atoms with van der Waals surface area (Å²) in [6.45, 7) is 0. The Bertz CT molecular complexity index is 467. The van der Waals surface area contributed by atoms with Crippen molar-refractivity contribution in [3.05, 3.63) is 35.4 Å². The first-order chi connectivity index (χ1) is 8.19. The molecule has 0 spiro atoms. The molecular formula is C13H12FNO2. The Labute approximate surface area is 98.8 Å². The van der Waals surface area contributed by atoms with E-state index in [2.05, 4.69) is 0 Å². The summed E-state index contributed by atoms with van der Waals surface area (Å²) in [5.41, 5.74) is 0.751. The molecule has 1 aliphatic carbocycles. The molecule has 0 aromatic heterocycles. The van der Waals surface area contributed by atoms with Crippen LogP contribution in [0.3, 0.4) is 0 Å². The maximum absolute atomic E-state index is 12.9. The molecule has 1 aliphatic rings. The van der Waals surface area contributed by atoms with Crippen LogP contribution in [0.25, 0.3) is 0 Å². The number of hydrogen-bond donors (Lipinski definition) is 0. The van der Waals surface area contributed by atoms with Gasteiger partial charge in [-0.3, -0.25) is 0 Å². The fourth-order valence-electron chi connectivity index (χ4n) is 1.93. The molecule has 1 fully saturated rings. The number of hydrogen-bond acceptors (Lipinski definition) is 3. The molecule has 2 atom stereocenters. The molecule has 88 valence electrons. The minimum absolute atomic E-state index is 0.281. The van der Waals surface area contributed by atoms with Crippen LogP contribution in [0, 0.1) is 11.3 Å². The lowest BCUT2D eigenvalue weighted by molar-refractivity contribution is 0.0305. The number of ether oxygens (including phenoxy) is 1. The van der Waals surface area contributed by atoms with Crippen molar-refractivity contribution in [2.75, 3.05) is 0 Å². The Kier molecular flexibility index (Phi) is 3.38. The average Bonchev–Trinajstić information content (AvgIpc) is 2.75. The summed E-state index contributed by atoms with van der Waals surface area (Å²) < 4.78 is 18.1. The standard InChI is InChI=1S/C13H12FNO2/c14-11-4-5-12(7-11)17-13(16)10-3-1-2-9(6-10)8-15/h1-3,6,11-12H,4-5,7H2. The third-order valence-corrected chi connectivity index (χ3v) is 2.82. The van der Waals surface area contributed by atoms with Crippen molar-refractivity contribution >= 4 is 5.97 Å². The molecule has 3 nitrogen and oxygen atoms in total.